The van der Waals surface area contributed by atoms with Gasteiger partial charge in [-0.1, -0.05) is 72.8 Å². The first-order chi connectivity index (χ1) is 16.2. The van der Waals surface area contributed by atoms with Crippen molar-refractivity contribution in [1.82, 2.24) is 0 Å². The molecule has 0 saturated heterocycles. The molecule has 0 spiro atoms. The first kappa shape index (κ1) is 20.0. The van der Waals surface area contributed by atoms with Gasteiger partial charge in [-0.2, -0.15) is 0 Å². The van der Waals surface area contributed by atoms with Gasteiger partial charge in [-0.15, -0.1) is 0 Å². The third-order valence-corrected chi connectivity index (χ3v) is 7.29. The van der Waals surface area contributed by atoms with Crippen LogP contribution in [0.4, 0.5) is 5.69 Å². The number of rotatable bonds is 3. The molecule has 0 N–H and O–H groups in total. The van der Waals surface area contributed by atoms with Crippen LogP contribution in [0.5, 0.6) is 0 Å². The van der Waals surface area contributed by atoms with Crippen molar-refractivity contribution in [3.63, 3.8) is 0 Å². The number of benzene rings is 5. The first-order valence-corrected chi connectivity index (χ1v) is 12.0. The van der Waals surface area contributed by atoms with Gasteiger partial charge in [0.25, 0.3) is 0 Å². The van der Waals surface area contributed by atoms with E-state index in [0.717, 1.165) is 21.9 Å². The van der Waals surface area contributed by atoms with Crippen molar-refractivity contribution in [3.05, 3.63) is 103 Å². The predicted molar refractivity (Wildman–Crippen MR) is 141 cm³/mol. The second-order valence-electron chi connectivity index (χ2n) is 8.46. The van der Waals surface area contributed by atoms with E-state index in [-0.39, 0.29) is 14.7 Å². The van der Waals surface area contributed by atoms with Gasteiger partial charge in [-0.05, 0) is 52.9 Å². The van der Waals surface area contributed by atoms with Crippen molar-refractivity contribution in [2.75, 3.05) is 11.9 Å². The second kappa shape index (κ2) is 8.03. The number of fused-ring (bicyclic) bond motifs is 7. The fourth-order valence-corrected chi connectivity index (χ4v) is 5.40. The third kappa shape index (κ3) is 3.28. The molecule has 6 aromatic rings. The lowest BCUT2D eigenvalue weighted by Crippen LogP contribution is -2.21. The number of nitrogens with zero attached hydrogens (tertiary/aromatic N) is 1. The summed E-state index contributed by atoms with van der Waals surface area (Å²) in [5.74, 6) is 0. The molecular weight excluding hydrogens is 425 g/mol. The molecule has 4 heteroatoms. The Morgan fingerprint density at radius 1 is 0.636 bits per heavy atom. The fourth-order valence-electron chi connectivity index (χ4n) is 4.84. The second-order valence-corrected chi connectivity index (χ2v) is 9.03. The lowest BCUT2D eigenvalue weighted by Gasteiger charge is -2.28. The summed E-state index contributed by atoms with van der Waals surface area (Å²) in [6.45, 7) is 2.25. The molecule has 1 heterocycles. The molecule has 0 bridgehead atoms. The van der Waals surface area contributed by atoms with Crippen molar-refractivity contribution in [2.24, 2.45) is 0 Å². The minimum absolute atomic E-state index is 0.0697. The van der Waals surface area contributed by atoms with Crippen molar-refractivity contribution in [3.8, 4) is 0 Å². The maximum absolute atomic E-state index is 6.10. The Labute approximate surface area is 193 Å². The topological polar surface area (TPSA) is 29.5 Å². The van der Waals surface area contributed by atoms with E-state index in [2.05, 4.69) is 116 Å². The molecule has 162 valence electrons. The molecule has 1 unspecified atom stereocenters. The Kier molecular flexibility index (Phi) is 4.86. The van der Waals surface area contributed by atoms with E-state index in [1.807, 2.05) is 0 Å². The third-order valence-electron chi connectivity index (χ3n) is 6.69. The molecule has 6 rings (SSSR count). The van der Waals surface area contributed by atoms with E-state index in [1.54, 1.807) is 0 Å². The minimum atomic E-state index is -0.0697. The summed E-state index contributed by atoms with van der Waals surface area (Å²) < 4.78 is 12.2. The Bertz CT molecular complexity index is 1660. The Morgan fingerprint density at radius 3 is 2.12 bits per heavy atom. The highest BCUT2D eigenvalue weighted by Crippen LogP contribution is 2.40. The monoisotopic (exact) mass is 449 g/mol. The molecule has 2 atom stereocenters. The summed E-state index contributed by atoms with van der Waals surface area (Å²) in [5, 5.41) is 6.95. The van der Waals surface area contributed by atoms with Gasteiger partial charge in [0, 0.05) is 28.9 Å². The Balaban J connectivity index is 1.69. The summed E-state index contributed by atoms with van der Waals surface area (Å²) in [4.78, 5) is 2.35. The summed E-state index contributed by atoms with van der Waals surface area (Å²) in [6.07, 6.45) is 0. The van der Waals surface area contributed by atoms with E-state index >= 15 is 0 Å². The van der Waals surface area contributed by atoms with Crippen LogP contribution in [0.25, 0.3) is 43.5 Å². The Hall–Kier alpha value is -3.68. The van der Waals surface area contributed by atoms with Crippen LogP contribution >= 0.6 is 8.67 Å². The van der Waals surface area contributed by atoms with Gasteiger partial charge in [0.05, 0.1) is 6.04 Å². The summed E-state index contributed by atoms with van der Waals surface area (Å²) in [5.41, 5.74) is 4.23. The standard InChI is InChI=1S/C29H24NO2P/c1-19(20-9-4-3-5-10-20)30(2)25-14-8-13-24-23(25)16-18-27-29(24)28-22-12-7-6-11-21(22)15-17-26(28)31-33-32-27/h3-19,33H,1-2H3/t19-/m0/s1. The molecule has 0 saturated carbocycles. The van der Waals surface area contributed by atoms with Crippen LogP contribution < -0.4 is 4.90 Å². The molecule has 0 fully saturated rings. The zero-order valence-electron chi connectivity index (χ0n) is 18.6. The maximum atomic E-state index is 6.10. The average Bonchev–Trinajstić information content (AvgIpc) is 3.07. The predicted octanol–water partition coefficient (Wildman–Crippen LogP) is 8.84. The van der Waals surface area contributed by atoms with Gasteiger partial charge >= 0.3 is 0 Å². The quantitative estimate of drug-likeness (QED) is 0.270. The minimum Gasteiger partial charge on any atom is -0.421 e. The number of hydrogen-bond acceptors (Lipinski definition) is 3. The molecule has 3 nitrogen and oxygen atoms in total. The maximum Gasteiger partial charge on any atom is 0.201 e. The van der Waals surface area contributed by atoms with E-state index < -0.39 is 0 Å². The smallest absolute Gasteiger partial charge is 0.201 e. The van der Waals surface area contributed by atoms with E-state index in [4.69, 9.17) is 8.39 Å². The SMILES string of the molecule is C[C@@H](c1ccccc1)N(C)c1cccc2c1ccc1o[pH]oc3ccc4ccccc4c3c12. The fraction of sp³-hybridized carbons (Fsp3) is 0.103. The molecule has 5 aromatic carbocycles. The van der Waals surface area contributed by atoms with Crippen LogP contribution in [0, 0.1) is 0 Å². The van der Waals surface area contributed by atoms with Gasteiger partial charge in [-0.3, -0.25) is 0 Å². The zero-order chi connectivity index (χ0) is 22.4. The van der Waals surface area contributed by atoms with Crippen molar-refractivity contribution in [2.45, 2.75) is 13.0 Å². The van der Waals surface area contributed by atoms with Crippen molar-refractivity contribution >= 4 is 57.8 Å². The lowest BCUT2D eigenvalue weighted by molar-refractivity contribution is 0.663. The van der Waals surface area contributed by atoms with Crippen LogP contribution in [-0.2, 0) is 0 Å². The molecular formula is C29H24NO2P. The highest BCUT2D eigenvalue weighted by Gasteiger charge is 2.17. The molecule has 0 radical (unpaired) electrons. The van der Waals surface area contributed by atoms with Gasteiger partial charge in [0.15, 0.2) is 0 Å². The van der Waals surface area contributed by atoms with E-state index in [1.165, 1.54) is 32.8 Å². The van der Waals surface area contributed by atoms with Gasteiger partial charge in [0.1, 0.15) is 11.2 Å². The highest BCUT2D eigenvalue weighted by molar-refractivity contribution is 7.15. The van der Waals surface area contributed by atoms with Gasteiger partial charge in [-0.25, -0.2) is 0 Å². The largest absolute Gasteiger partial charge is 0.421 e. The Morgan fingerprint density at radius 2 is 1.30 bits per heavy atom. The average molecular weight is 449 g/mol. The number of hydrogen-bond donors (Lipinski definition) is 0. The van der Waals surface area contributed by atoms with Crippen LogP contribution in [0.3, 0.4) is 0 Å². The van der Waals surface area contributed by atoms with Crippen LogP contribution in [0.1, 0.15) is 18.5 Å². The molecule has 0 aliphatic carbocycles. The molecule has 0 aliphatic rings. The van der Waals surface area contributed by atoms with Crippen molar-refractivity contribution in [1.29, 1.82) is 0 Å². The molecule has 0 aliphatic heterocycles. The summed E-state index contributed by atoms with van der Waals surface area (Å²) >= 11 is 0. The molecule has 0 amide bonds. The summed E-state index contributed by atoms with van der Waals surface area (Å²) in [7, 11) is 2.10. The van der Waals surface area contributed by atoms with Gasteiger partial charge < -0.3 is 13.3 Å². The van der Waals surface area contributed by atoms with E-state index in [0.29, 0.717) is 0 Å². The normalized spacial score (nSPS) is 12.7. The van der Waals surface area contributed by atoms with Crippen molar-refractivity contribution < 1.29 is 8.39 Å². The summed E-state index contributed by atoms with van der Waals surface area (Å²) in [6, 6.07) is 34.4. The molecule has 1 aromatic heterocycles. The van der Waals surface area contributed by atoms with Crippen LogP contribution in [-0.4, -0.2) is 7.05 Å². The first-order valence-electron chi connectivity index (χ1n) is 11.2. The number of anilines is 1. The van der Waals surface area contributed by atoms with Crippen LogP contribution in [0.15, 0.2) is 105 Å². The van der Waals surface area contributed by atoms with E-state index in [9.17, 15) is 0 Å². The highest BCUT2D eigenvalue weighted by atomic mass is 31.1. The lowest BCUT2D eigenvalue weighted by atomic mass is 9.97. The molecule has 33 heavy (non-hydrogen) atoms. The zero-order valence-corrected chi connectivity index (χ0v) is 19.6. The van der Waals surface area contributed by atoms with Crippen LogP contribution in [0.2, 0.25) is 0 Å². The van der Waals surface area contributed by atoms with Gasteiger partial charge in [0.2, 0.25) is 8.67 Å².